The number of aromatic nitrogens is 1. The fourth-order valence-corrected chi connectivity index (χ4v) is 5.67. The SMILES string of the molecule is CNCc1ccccc1CN(CC(=O)Nc1ccc2c(c1)CC1(C2)C(=O)Nc2ncccc21)C(=O)C(C)(C)C. The van der Waals surface area contributed by atoms with Crippen LogP contribution in [0.15, 0.2) is 60.8 Å². The lowest BCUT2D eigenvalue weighted by molar-refractivity contribution is -0.142. The number of nitrogens with one attached hydrogen (secondary N) is 3. The van der Waals surface area contributed by atoms with E-state index >= 15 is 0 Å². The molecular weight excluding hydrogens is 490 g/mol. The van der Waals surface area contributed by atoms with Gasteiger partial charge in [-0.05, 0) is 60.3 Å². The summed E-state index contributed by atoms with van der Waals surface area (Å²) in [4.78, 5) is 45.5. The lowest BCUT2D eigenvalue weighted by Crippen LogP contribution is -2.43. The van der Waals surface area contributed by atoms with Crippen LogP contribution < -0.4 is 16.0 Å². The van der Waals surface area contributed by atoms with Crippen molar-refractivity contribution < 1.29 is 14.4 Å². The monoisotopic (exact) mass is 525 g/mol. The zero-order chi connectivity index (χ0) is 27.8. The standard InChI is InChI=1S/C31H35N5O3/c1-30(2,3)29(39)36(18-22-9-6-5-8-21(22)17-32-4)19-26(37)34-24-12-11-20-15-31(16-23(20)14-24)25-10-7-13-33-27(25)35-28(31)38/h5-14,32H,15-19H2,1-4H3,(H,34,37)(H,33,35,38). The molecule has 1 spiro atoms. The number of rotatable bonds is 7. The Kier molecular flexibility index (Phi) is 6.99. The molecule has 0 bridgehead atoms. The zero-order valence-electron chi connectivity index (χ0n) is 22.9. The molecule has 3 N–H and O–H groups in total. The van der Waals surface area contributed by atoms with Crippen molar-refractivity contribution in [2.24, 2.45) is 5.41 Å². The summed E-state index contributed by atoms with van der Waals surface area (Å²) >= 11 is 0. The van der Waals surface area contributed by atoms with Gasteiger partial charge in [-0.2, -0.15) is 0 Å². The van der Waals surface area contributed by atoms with Gasteiger partial charge in [0.1, 0.15) is 12.4 Å². The van der Waals surface area contributed by atoms with E-state index in [1.807, 2.05) is 82.4 Å². The molecule has 5 rings (SSSR count). The molecule has 2 aromatic carbocycles. The molecule has 2 heterocycles. The van der Waals surface area contributed by atoms with Crippen LogP contribution in [0.25, 0.3) is 0 Å². The topological polar surface area (TPSA) is 103 Å². The van der Waals surface area contributed by atoms with Crippen LogP contribution in [0.2, 0.25) is 0 Å². The van der Waals surface area contributed by atoms with Crippen molar-refractivity contribution in [3.05, 3.63) is 88.6 Å². The lowest BCUT2D eigenvalue weighted by Gasteiger charge is -2.30. The summed E-state index contributed by atoms with van der Waals surface area (Å²) in [5, 5.41) is 9.08. The van der Waals surface area contributed by atoms with E-state index in [1.165, 1.54) is 0 Å². The molecule has 0 fully saturated rings. The van der Waals surface area contributed by atoms with E-state index in [1.54, 1.807) is 11.1 Å². The summed E-state index contributed by atoms with van der Waals surface area (Å²) in [7, 11) is 1.88. The Labute approximate surface area is 229 Å². The van der Waals surface area contributed by atoms with E-state index in [-0.39, 0.29) is 24.3 Å². The second-order valence-corrected chi connectivity index (χ2v) is 11.5. The Balaban J connectivity index is 1.32. The number of carbonyl (C=O) groups excluding carboxylic acids is 3. The Bertz CT molecular complexity index is 1440. The van der Waals surface area contributed by atoms with Crippen LogP contribution in [0.1, 0.15) is 48.6 Å². The summed E-state index contributed by atoms with van der Waals surface area (Å²) in [5.74, 6) is 0.239. The third kappa shape index (κ3) is 5.16. The van der Waals surface area contributed by atoms with E-state index in [2.05, 4.69) is 20.9 Å². The third-order valence-corrected chi connectivity index (χ3v) is 7.57. The van der Waals surface area contributed by atoms with Gasteiger partial charge >= 0.3 is 0 Å². The number of pyridine rings is 1. The molecule has 0 radical (unpaired) electrons. The second kappa shape index (κ2) is 10.3. The van der Waals surface area contributed by atoms with Gasteiger partial charge in [-0.25, -0.2) is 4.98 Å². The van der Waals surface area contributed by atoms with Gasteiger partial charge in [0.15, 0.2) is 0 Å². The van der Waals surface area contributed by atoms with Crippen molar-refractivity contribution in [3.8, 4) is 0 Å². The summed E-state index contributed by atoms with van der Waals surface area (Å²) in [6.45, 7) is 6.55. The molecule has 3 aromatic rings. The molecule has 1 atom stereocenters. The molecule has 0 saturated carbocycles. The first-order valence-electron chi connectivity index (χ1n) is 13.3. The lowest BCUT2D eigenvalue weighted by atomic mass is 9.79. The predicted octanol–water partition coefficient (Wildman–Crippen LogP) is 3.80. The minimum atomic E-state index is -0.661. The highest BCUT2D eigenvalue weighted by Crippen LogP contribution is 2.46. The van der Waals surface area contributed by atoms with Crippen molar-refractivity contribution >= 4 is 29.2 Å². The zero-order valence-corrected chi connectivity index (χ0v) is 22.9. The van der Waals surface area contributed by atoms with Crippen LogP contribution in [-0.4, -0.2) is 41.2 Å². The molecule has 1 aliphatic carbocycles. The van der Waals surface area contributed by atoms with Crippen molar-refractivity contribution in [1.82, 2.24) is 15.2 Å². The van der Waals surface area contributed by atoms with Crippen LogP contribution in [0.4, 0.5) is 11.5 Å². The van der Waals surface area contributed by atoms with Gasteiger partial charge in [0, 0.05) is 36.0 Å². The number of nitrogens with zero attached hydrogens (tertiary/aromatic N) is 2. The summed E-state index contributed by atoms with van der Waals surface area (Å²) in [5.41, 5.74) is 4.50. The highest BCUT2D eigenvalue weighted by molar-refractivity contribution is 6.06. The Hall–Kier alpha value is -4.04. The maximum absolute atomic E-state index is 13.3. The quantitative estimate of drug-likeness (QED) is 0.435. The maximum Gasteiger partial charge on any atom is 0.244 e. The van der Waals surface area contributed by atoms with E-state index in [0.29, 0.717) is 37.4 Å². The normalized spacial score (nSPS) is 17.5. The van der Waals surface area contributed by atoms with Crippen molar-refractivity contribution in [2.45, 2.75) is 52.1 Å². The maximum atomic E-state index is 13.3. The first-order valence-corrected chi connectivity index (χ1v) is 13.3. The van der Waals surface area contributed by atoms with E-state index < -0.39 is 10.8 Å². The molecule has 39 heavy (non-hydrogen) atoms. The molecule has 8 nitrogen and oxygen atoms in total. The number of hydrogen-bond donors (Lipinski definition) is 3. The smallest absolute Gasteiger partial charge is 0.244 e. The highest BCUT2D eigenvalue weighted by Gasteiger charge is 2.51. The van der Waals surface area contributed by atoms with Crippen LogP contribution >= 0.6 is 0 Å². The van der Waals surface area contributed by atoms with Crippen LogP contribution in [-0.2, 0) is 45.7 Å². The average Bonchev–Trinajstić information content (AvgIpc) is 3.41. The van der Waals surface area contributed by atoms with Crippen LogP contribution in [0.5, 0.6) is 0 Å². The van der Waals surface area contributed by atoms with Gasteiger partial charge < -0.3 is 20.9 Å². The van der Waals surface area contributed by atoms with Gasteiger partial charge in [0.25, 0.3) is 0 Å². The average molecular weight is 526 g/mol. The Morgan fingerprint density at radius 1 is 1.03 bits per heavy atom. The molecule has 1 aromatic heterocycles. The van der Waals surface area contributed by atoms with Gasteiger partial charge in [-0.1, -0.05) is 57.2 Å². The van der Waals surface area contributed by atoms with Crippen molar-refractivity contribution in [3.63, 3.8) is 0 Å². The Morgan fingerprint density at radius 3 is 2.51 bits per heavy atom. The van der Waals surface area contributed by atoms with Gasteiger partial charge in [0.05, 0.1) is 5.41 Å². The fourth-order valence-electron chi connectivity index (χ4n) is 5.67. The highest BCUT2D eigenvalue weighted by atomic mass is 16.2. The number of carbonyl (C=O) groups is 3. The van der Waals surface area contributed by atoms with Crippen molar-refractivity contribution in [2.75, 3.05) is 24.2 Å². The molecule has 8 heteroatoms. The summed E-state index contributed by atoms with van der Waals surface area (Å²) in [6.07, 6.45) is 2.83. The number of benzene rings is 2. The fraction of sp³-hybridized carbons (Fsp3) is 0.355. The predicted molar refractivity (Wildman–Crippen MR) is 151 cm³/mol. The summed E-state index contributed by atoms with van der Waals surface area (Å²) in [6, 6.07) is 17.6. The third-order valence-electron chi connectivity index (χ3n) is 7.57. The van der Waals surface area contributed by atoms with E-state index in [4.69, 9.17) is 0 Å². The van der Waals surface area contributed by atoms with Crippen LogP contribution in [0.3, 0.4) is 0 Å². The molecule has 1 unspecified atom stereocenters. The molecule has 3 amide bonds. The molecule has 0 saturated heterocycles. The summed E-state index contributed by atoms with van der Waals surface area (Å²) < 4.78 is 0. The van der Waals surface area contributed by atoms with Gasteiger partial charge in [0.2, 0.25) is 17.7 Å². The first-order chi connectivity index (χ1) is 18.6. The van der Waals surface area contributed by atoms with Crippen LogP contribution in [0, 0.1) is 5.41 Å². The largest absolute Gasteiger partial charge is 0.329 e. The van der Waals surface area contributed by atoms with Gasteiger partial charge in [-0.15, -0.1) is 0 Å². The number of fused-ring (bicyclic) bond motifs is 3. The van der Waals surface area contributed by atoms with E-state index in [9.17, 15) is 14.4 Å². The molecule has 2 aliphatic rings. The minimum absolute atomic E-state index is 0.0344. The van der Waals surface area contributed by atoms with Crippen molar-refractivity contribution in [1.29, 1.82) is 0 Å². The molecule has 202 valence electrons. The second-order valence-electron chi connectivity index (χ2n) is 11.5. The Morgan fingerprint density at radius 2 is 1.77 bits per heavy atom. The number of hydrogen-bond acceptors (Lipinski definition) is 5. The van der Waals surface area contributed by atoms with Gasteiger partial charge in [-0.3, -0.25) is 14.4 Å². The van der Waals surface area contributed by atoms with E-state index in [0.717, 1.165) is 27.8 Å². The minimum Gasteiger partial charge on any atom is -0.329 e. The first kappa shape index (κ1) is 26.6. The number of amides is 3. The molecular formula is C31H35N5O3. The number of anilines is 2. The molecule has 1 aliphatic heterocycles.